The van der Waals surface area contributed by atoms with Crippen LogP contribution in [-0.2, 0) is 6.42 Å². The van der Waals surface area contributed by atoms with E-state index >= 15 is 0 Å². The highest BCUT2D eigenvalue weighted by Gasteiger charge is 2.38. The molecular formula is C15H21F3N2. The van der Waals surface area contributed by atoms with Crippen LogP contribution in [0.5, 0.6) is 0 Å². The monoisotopic (exact) mass is 286 g/mol. The minimum Gasteiger partial charge on any atom is -0.359 e. The minimum atomic E-state index is -4.17. The first kappa shape index (κ1) is 15.2. The van der Waals surface area contributed by atoms with Crippen LogP contribution < -0.4 is 10.6 Å². The molecule has 112 valence electrons. The molecule has 1 aliphatic carbocycles. The van der Waals surface area contributed by atoms with Gasteiger partial charge in [-0.3, -0.25) is 0 Å². The van der Waals surface area contributed by atoms with Gasteiger partial charge < -0.3 is 10.6 Å². The Balaban J connectivity index is 2.21. The van der Waals surface area contributed by atoms with E-state index in [9.17, 15) is 13.2 Å². The molecular weight excluding hydrogens is 265 g/mol. The van der Waals surface area contributed by atoms with Crippen LogP contribution in [0.25, 0.3) is 0 Å². The Morgan fingerprint density at radius 1 is 1.35 bits per heavy atom. The van der Waals surface area contributed by atoms with Gasteiger partial charge in [-0.05, 0) is 50.3 Å². The molecule has 1 aromatic carbocycles. The molecule has 2 rings (SSSR count). The molecule has 1 unspecified atom stereocenters. The lowest BCUT2D eigenvalue weighted by molar-refractivity contribution is -0.120. The summed E-state index contributed by atoms with van der Waals surface area (Å²) in [6.45, 7) is 2.92. The number of halogens is 3. The molecule has 0 bridgehead atoms. The van der Waals surface area contributed by atoms with E-state index in [0.29, 0.717) is 5.69 Å². The van der Waals surface area contributed by atoms with Gasteiger partial charge in [0, 0.05) is 17.8 Å². The number of nitrogens with zero attached hydrogens (tertiary/aromatic N) is 1. The zero-order chi connectivity index (χ0) is 14.9. The summed E-state index contributed by atoms with van der Waals surface area (Å²) in [5.41, 5.74) is 8.41. The molecule has 0 saturated heterocycles. The van der Waals surface area contributed by atoms with Crippen LogP contribution in [0.4, 0.5) is 18.9 Å². The summed E-state index contributed by atoms with van der Waals surface area (Å²) in [6, 6.07) is 5.73. The molecule has 2 N–H and O–H groups in total. The molecule has 20 heavy (non-hydrogen) atoms. The van der Waals surface area contributed by atoms with Gasteiger partial charge in [-0.1, -0.05) is 12.1 Å². The van der Waals surface area contributed by atoms with Crippen molar-refractivity contribution >= 4 is 5.69 Å². The highest BCUT2D eigenvalue weighted by atomic mass is 19.4. The molecule has 1 aromatic rings. The molecule has 0 heterocycles. The summed E-state index contributed by atoms with van der Waals surface area (Å²) in [5, 5.41) is 0. The van der Waals surface area contributed by atoms with Crippen molar-refractivity contribution in [2.45, 2.75) is 51.4 Å². The van der Waals surface area contributed by atoms with Gasteiger partial charge in [0.1, 0.15) is 6.54 Å². The van der Waals surface area contributed by atoms with E-state index in [1.165, 1.54) is 4.90 Å². The largest absolute Gasteiger partial charge is 0.405 e. The first-order chi connectivity index (χ1) is 9.26. The van der Waals surface area contributed by atoms with Gasteiger partial charge in [-0.15, -0.1) is 0 Å². The van der Waals surface area contributed by atoms with Crippen LogP contribution in [0, 0.1) is 6.92 Å². The zero-order valence-corrected chi connectivity index (χ0v) is 11.9. The second kappa shape index (κ2) is 5.64. The number of aryl methyl sites for hydroxylation is 1. The third kappa shape index (κ3) is 4.13. The molecule has 0 amide bonds. The van der Waals surface area contributed by atoms with E-state index in [1.54, 1.807) is 6.07 Å². The van der Waals surface area contributed by atoms with Gasteiger partial charge in [0.05, 0.1) is 0 Å². The molecule has 1 fully saturated rings. The number of hydrogen-bond donors (Lipinski definition) is 1. The van der Waals surface area contributed by atoms with E-state index in [1.807, 2.05) is 26.0 Å². The highest BCUT2D eigenvalue weighted by molar-refractivity contribution is 5.56. The zero-order valence-electron chi connectivity index (χ0n) is 11.9. The predicted molar refractivity (Wildman–Crippen MR) is 75.0 cm³/mol. The van der Waals surface area contributed by atoms with Crippen LogP contribution in [0.15, 0.2) is 18.2 Å². The van der Waals surface area contributed by atoms with E-state index < -0.39 is 12.7 Å². The Kier molecular flexibility index (Phi) is 4.28. The number of nitrogens with two attached hydrogens (primary N) is 1. The van der Waals surface area contributed by atoms with Crippen molar-refractivity contribution in [2.24, 2.45) is 5.73 Å². The number of rotatable bonds is 5. The number of benzene rings is 1. The quantitative estimate of drug-likeness (QED) is 0.898. The van der Waals surface area contributed by atoms with E-state index in [0.717, 1.165) is 30.4 Å². The molecule has 0 aliphatic heterocycles. The van der Waals surface area contributed by atoms with Gasteiger partial charge >= 0.3 is 6.18 Å². The Labute approximate surface area is 117 Å². The second-order valence-corrected chi connectivity index (χ2v) is 5.78. The fourth-order valence-corrected chi connectivity index (χ4v) is 2.53. The standard InChI is InChI=1S/C15H21F3N2/c1-10-7-12(8-11(2)19)3-6-14(10)20(13-4-5-13)9-15(16,17)18/h3,6-7,11,13H,4-5,8-9,19H2,1-2H3. The second-order valence-electron chi connectivity index (χ2n) is 5.78. The van der Waals surface area contributed by atoms with Gasteiger partial charge in [0.15, 0.2) is 0 Å². The molecule has 0 radical (unpaired) electrons. The lowest BCUT2D eigenvalue weighted by Gasteiger charge is -2.28. The highest BCUT2D eigenvalue weighted by Crippen LogP contribution is 2.36. The van der Waals surface area contributed by atoms with Crippen molar-refractivity contribution in [2.75, 3.05) is 11.4 Å². The average Bonchev–Trinajstić information content (AvgIpc) is 3.08. The van der Waals surface area contributed by atoms with Gasteiger partial charge in [0.25, 0.3) is 0 Å². The van der Waals surface area contributed by atoms with Crippen molar-refractivity contribution in [1.82, 2.24) is 0 Å². The summed E-state index contributed by atoms with van der Waals surface area (Å²) >= 11 is 0. The Morgan fingerprint density at radius 3 is 2.45 bits per heavy atom. The SMILES string of the molecule is Cc1cc(CC(C)N)ccc1N(CC(F)(F)F)C1CC1. The first-order valence-electron chi connectivity index (χ1n) is 6.95. The maximum Gasteiger partial charge on any atom is 0.405 e. The van der Waals surface area contributed by atoms with Crippen molar-refractivity contribution < 1.29 is 13.2 Å². The Hall–Kier alpha value is -1.23. The molecule has 0 aromatic heterocycles. The van der Waals surface area contributed by atoms with E-state index in [4.69, 9.17) is 5.73 Å². The summed E-state index contributed by atoms with van der Waals surface area (Å²) in [6.07, 6.45) is -1.74. The van der Waals surface area contributed by atoms with E-state index in [-0.39, 0.29) is 12.1 Å². The Bertz CT molecular complexity index is 465. The van der Waals surface area contributed by atoms with Gasteiger partial charge in [-0.2, -0.15) is 13.2 Å². The predicted octanol–water partition coefficient (Wildman–Crippen LogP) is 3.42. The molecule has 0 spiro atoms. The molecule has 1 atom stereocenters. The molecule has 5 heteroatoms. The smallest absolute Gasteiger partial charge is 0.359 e. The van der Waals surface area contributed by atoms with Crippen LogP contribution >= 0.6 is 0 Å². The molecule has 1 saturated carbocycles. The van der Waals surface area contributed by atoms with Gasteiger partial charge in [0.2, 0.25) is 0 Å². The summed E-state index contributed by atoms with van der Waals surface area (Å²) < 4.78 is 38.1. The van der Waals surface area contributed by atoms with Crippen molar-refractivity contribution in [1.29, 1.82) is 0 Å². The number of hydrogen-bond acceptors (Lipinski definition) is 2. The third-order valence-corrected chi connectivity index (χ3v) is 3.47. The maximum absolute atomic E-state index is 12.7. The van der Waals surface area contributed by atoms with Gasteiger partial charge in [-0.25, -0.2) is 0 Å². The fraction of sp³-hybridized carbons (Fsp3) is 0.600. The minimum absolute atomic E-state index is 0.0367. The van der Waals surface area contributed by atoms with E-state index in [2.05, 4.69) is 0 Å². The lowest BCUT2D eigenvalue weighted by Crippen LogP contribution is -2.36. The Morgan fingerprint density at radius 2 is 2.00 bits per heavy atom. The van der Waals surface area contributed by atoms with Crippen molar-refractivity contribution in [3.05, 3.63) is 29.3 Å². The van der Waals surface area contributed by atoms with Crippen LogP contribution in [-0.4, -0.2) is 24.8 Å². The summed E-state index contributed by atoms with van der Waals surface area (Å²) in [7, 11) is 0. The summed E-state index contributed by atoms with van der Waals surface area (Å²) in [5.74, 6) is 0. The first-order valence-corrected chi connectivity index (χ1v) is 6.95. The van der Waals surface area contributed by atoms with Crippen LogP contribution in [0.3, 0.4) is 0 Å². The lowest BCUT2D eigenvalue weighted by atomic mass is 10.0. The van der Waals surface area contributed by atoms with Crippen LogP contribution in [0.1, 0.15) is 30.9 Å². The fourth-order valence-electron chi connectivity index (χ4n) is 2.53. The number of alkyl halides is 3. The topological polar surface area (TPSA) is 29.3 Å². The third-order valence-electron chi connectivity index (χ3n) is 3.47. The summed E-state index contributed by atoms with van der Waals surface area (Å²) in [4.78, 5) is 1.49. The molecule has 2 nitrogen and oxygen atoms in total. The average molecular weight is 286 g/mol. The number of anilines is 1. The maximum atomic E-state index is 12.7. The van der Waals surface area contributed by atoms with Crippen molar-refractivity contribution in [3.63, 3.8) is 0 Å². The van der Waals surface area contributed by atoms with Crippen LogP contribution in [0.2, 0.25) is 0 Å². The molecule has 1 aliphatic rings. The normalized spacial score (nSPS) is 17.1. The van der Waals surface area contributed by atoms with Crippen molar-refractivity contribution in [3.8, 4) is 0 Å².